The van der Waals surface area contributed by atoms with Crippen LogP contribution in [0.15, 0.2) is 51.9 Å². The smallest absolute Gasteiger partial charge is 0.349 e. The van der Waals surface area contributed by atoms with Crippen LogP contribution in [-0.4, -0.2) is 28.7 Å². The summed E-state index contributed by atoms with van der Waals surface area (Å²) in [5.74, 6) is 1.05. The summed E-state index contributed by atoms with van der Waals surface area (Å²) in [6.07, 6.45) is 4.42. The van der Waals surface area contributed by atoms with Crippen LogP contribution >= 0.6 is 0 Å². The highest BCUT2D eigenvalue weighted by Crippen LogP contribution is 2.25. The number of nitrogens with zero attached hydrogens (tertiary/aromatic N) is 2. The zero-order chi connectivity index (χ0) is 19.7. The van der Waals surface area contributed by atoms with E-state index in [9.17, 15) is 9.59 Å². The lowest BCUT2D eigenvalue weighted by atomic mass is 10.0. The van der Waals surface area contributed by atoms with Crippen LogP contribution in [0.5, 0.6) is 0 Å². The molecule has 3 aromatic rings. The topological polar surface area (TPSA) is 86.4 Å². The van der Waals surface area contributed by atoms with E-state index in [-0.39, 0.29) is 11.5 Å². The molecule has 1 aromatic carbocycles. The Labute approximate surface area is 162 Å². The third-order valence-corrected chi connectivity index (χ3v) is 4.96. The summed E-state index contributed by atoms with van der Waals surface area (Å²) in [6, 6.07) is 9.09. The monoisotopic (exact) mass is 379 g/mol. The molecule has 1 aliphatic heterocycles. The molecule has 2 aromatic heterocycles. The fraction of sp³-hybridized carbons (Fsp3) is 0.286. The van der Waals surface area contributed by atoms with Gasteiger partial charge in [0.15, 0.2) is 0 Å². The third-order valence-electron chi connectivity index (χ3n) is 4.96. The predicted molar refractivity (Wildman–Crippen MR) is 104 cm³/mol. The van der Waals surface area contributed by atoms with E-state index in [1.54, 1.807) is 31.3 Å². The summed E-state index contributed by atoms with van der Waals surface area (Å²) in [5.41, 5.74) is 1.54. The first-order valence-electron chi connectivity index (χ1n) is 9.17. The molecule has 0 bridgehead atoms. The number of imidazole rings is 1. The van der Waals surface area contributed by atoms with Gasteiger partial charge in [-0.2, -0.15) is 0 Å². The molecule has 4 rings (SSSR count). The molecule has 1 unspecified atom stereocenters. The number of benzene rings is 1. The molecule has 7 heteroatoms. The Balaban J connectivity index is 1.53. The van der Waals surface area contributed by atoms with Crippen LogP contribution in [0.25, 0.3) is 5.69 Å². The van der Waals surface area contributed by atoms with Crippen LogP contribution in [0.2, 0.25) is 0 Å². The number of carbonyl (C=O) groups excluding carboxylic acids is 1. The van der Waals surface area contributed by atoms with Crippen molar-refractivity contribution in [3.05, 3.63) is 75.9 Å². The van der Waals surface area contributed by atoms with Crippen LogP contribution in [0.4, 0.5) is 5.69 Å². The highest BCUT2D eigenvalue weighted by molar-refractivity contribution is 6.04. The number of ether oxygens (including phenoxy) is 1. The molecular formula is C21H21N3O4. The maximum Gasteiger partial charge on any atom is 0.349 e. The van der Waals surface area contributed by atoms with E-state index < -0.39 is 11.5 Å². The molecule has 28 heavy (non-hydrogen) atoms. The lowest BCUT2D eigenvalue weighted by Crippen LogP contribution is -2.23. The summed E-state index contributed by atoms with van der Waals surface area (Å²) in [4.78, 5) is 29.3. The van der Waals surface area contributed by atoms with E-state index in [0.29, 0.717) is 30.2 Å². The quantitative estimate of drug-likeness (QED) is 0.752. The highest BCUT2D eigenvalue weighted by atomic mass is 16.5. The fourth-order valence-electron chi connectivity index (χ4n) is 3.42. The third kappa shape index (κ3) is 3.48. The Kier molecular flexibility index (Phi) is 4.83. The Morgan fingerprint density at radius 1 is 1.25 bits per heavy atom. The fourth-order valence-corrected chi connectivity index (χ4v) is 3.42. The van der Waals surface area contributed by atoms with Crippen LogP contribution in [-0.2, 0) is 4.74 Å². The van der Waals surface area contributed by atoms with Crippen molar-refractivity contribution in [1.29, 1.82) is 0 Å². The molecule has 1 N–H and O–H groups in total. The highest BCUT2D eigenvalue weighted by Gasteiger charge is 2.24. The number of carbonyl (C=O) groups is 1. The minimum Gasteiger partial charge on any atom is -0.427 e. The largest absolute Gasteiger partial charge is 0.427 e. The van der Waals surface area contributed by atoms with Crippen molar-refractivity contribution < 1.29 is 13.9 Å². The van der Waals surface area contributed by atoms with Crippen molar-refractivity contribution in [3.63, 3.8) is 0 Å². The molecule has 1 aliphatic rings. The molecule has 3 heterocycles. The second-order valence-electron chi connectivity index (χ2n) is 6.90. The minimum atomic E-state index is -0.620. The molecular weight excluding hydrogens is 358 g/mol. The van der Waals surface area contributed by atoms with Gasteiger partial charge in [0.1, 0.15) is 17.1 Å². The zero-order valence-corrected chi connectivity index (χ0v) is 15.8. The van der Waals surface area contributed by atoms with E-state index in [2.05, 4.69) is 10.3 Å². The molecule has 144 valence electrons. The molecule has 1 fully saturated rings. The van der Waals surface area contributed by atoms with Gasteiger partial charge in [0.2, 0.25) is 0 Å². The van der Waals surface area contributed by atoms with Gasteiger partial charge in [-0.25, -0.2) is 9.78 Å². The number of hydrogen-bond acceptors (Lipinski definition) is 5. The Bertz CT molecular complexity index is 1060. The normalized spacial score (nSPS) is 16.3. The van der Waals surface area contributed by atoms with Crippen molar-refractivity contribution >= 4 is 11.6 Å². The second kappa shape index (κ2) is 7.44. The summed E-state index contributed by atoms with van der Waals surface area (Å²) >= 11 is 0. The first-order valence-corrected chi connectivity index (χ1v) is 9.17. The van der Waals surface area contributed by atoms with Gasteiger partial charge in [0.25, 0.3) is 5.91 Å². The van der Waals surface area contributed by atoms with E-state index in [1.807, 2.05) is 29.8 Å². The van der Waals surface area contributed by atoms with Crippen molar-refractivity contribution in [2.75, 3.05) is 18.5 Å². The molecule has 0 saturated carbocycles. The Hall–Kier alpha value is -3.19. The van der Waals surface area contributed by atoms with Gasteiger partial charge in [-0.05, 0) is 56.2 Å². The van der Waals surface area contributed by atoms with Gasteiger partial charge < -0.3 is 19.0 Å². The molecule has 0 aliphatic carbocycles. The SMILES string of the molecule is Cc1cc(C2CCOC2)oc(=O)c1C(=O)Nc1ccc(-n2ccnc2C)cc1. The summed E-state index contributed by atoms with van der Waals surface area (Å²) in [6.45, 7) is 4.86. The van der Waals surface area contributed by atoms with E-state index in [0.717, 1.165) is 17.9 Å². The number of rotatable bonds is 4. The number of aryl methyl sites for hydroxylation is 2. The summed E-state index contributed by atoms with van der Waals surface area (Å²) in [7, 11) is 0. The molecule has 7 nitrogen and oxygen atoms in total. The number of nitrogens with one attached hydrogen (secondary N) is 1. The molecule has 1 saturated heterocycles. The van der Waals surface area contributed by atoms with Gasteiger partial charge in [-0.3, -0.25) is 4.79 Å². The maximum atomic E-state index is 12.6. The number of hydrogen-bond donors (Lipinski definition) is 1. The van der Waals surface area contributed by atoms with Gasteiger partial charge in [0.05, 0.1) is 6.61 Å². The van der Waals surface area contributed by atoms with E-state index in [4.69, 9.17) is 9.15 Å². The molecule has 1 amide bonds. The van der Waals surface area contributed by atoms with Crippen LogP contribution < -0.4 is 10.9 Å². The average Bonchev–Trinajstić information content (AvgIpc) is 3.33. The standard InChI is InChI=1S/C21H21N3O4/c1-13-11-18(15-7-10-27-12-15)28-21(26)19(13)20(25)23-16-3-5-17(6-4-16)24-9-8-22-14(24)2/h3-6,8-9,11,15H,7,10,12H2,1-2H3,(H,23,25). The van der Waals surface area contributed by atoms with E-state index in [1.165, 1.54) is 0 Å². The van der Waals surface area contributed by atoms with Crippen LogP contribution in [0.1, 0.15) is 39.8 Å². The lowest BCUT2D eigenvalue weighted by Gasteiger charge is -2.11. The summed E-state index contributed by atoms with van der Waals surface area (Å²) < 4.78 is 12.7. The molecule has 1 atom stereocenters. The van der Waals surface area contributed by atoms with Gasteiger partial charge >= 0.3 is 5.63 Å². The molecule has 0 spiro atoms. The summed E-state index contributed by atoms with van der Waals surface area (Å²) in [5, 5.41) is 2.77. The zero-order valence-electron chi connectivity index (χ0n) is 15.8. The minimum absolute atomic E-state index is 0.0252. The van der Waals surface area contributed by atoms with Gasteiger partial charge in [-0.15, -0.1) is 0 Å². The van der Waals surface area contributed by atoms with Gasteiger partial charge in [0, 0.05) is 36.3 Å². The van der Waals surface area contributed by atoms with Gasteiger partial charge in [-0.1, -0.05) is 0 Å². The molecule has 0 radical (unpaired) electrons. The number of amides is 1. The van der Waals surface area contributed by atoms with Crippen LogP contribution in [0.3, 0.4) is 0 Å². The predicted octanol–water partition coefficient (Wildman–Crippen LogP) is 3.20. The number of anilines is 1. The van der Waals surface area contributed by atoms with Crippen molar-refractivity contribution in [1.82, 2.24) is 9.55 Å². The first kappa shape index (κ1) is 18.2. The maximum absolute atomic E-state index is 12.6. The Morgan fingerprint density at radius 3 is 2.64 bits per heavy atom. The second-order valence-corrected chi connectivity index (χ2v) is 6.90. The Morgan fingerprint density at radius 2 is 2.04 bits per heavy atom. The van der Waals surface area contributed by atoms with Crippen molar-refractivity contribution in [2.45, 2.75) is 26.2 Å². The van der Waals surface area contributed by atoms with Crippen LogP contribution in [0, 0.1) is 13.8 Å². The van der Waals surface area contributed by atoms with Crippen molar-refractivity contribution in [2.24, 2.45) is 0 Å². The lowest BCUT2D eigenvalue weighted by molar-refractivity contribution is 0.102. The average molecular weight is 379 g/mol. The first-order chi connectivity index (χ1) is 13.5. The number of aromatic nitrogens is 2. The van der Waals surface area contributed by atoms with Crippen molar-refractivity contribution in [3.8, 4) is 5.69 Å². The van der Waals surface area contributed by atoms with E-state index >= 15 is 0 Å².